The third kappa shape index (κ3) is 5.83. The van der Waals surface area contributed by atoms with Crippen LogP contribution in [0, 0.1) is 0 Å². The van der Waals surface area contributed by atoms with Gasteiger partial charge in [0.05, 0.1) is 38.4 Å². The quantitative estimate of drug-likeness (QED) is 0.586. The normalized spacial score (nSPS) is 14.2. The van der Waals surface area contributed by atoms with E-state index in [-0.39, 0.29) is 29.8 Å². The van der Waals surface area contributed by atoms with Gasteiger partial charge in [-0.3, -0.25) is 4.79 Å². The number of carbonyl (C=O) groups excluding carboxylic acids is 1. The van der Waals surface area contributed by atoms with Crippen molar-refractivity contribution in [3.63, 3.8) is 0 Å². The van der Waals surface area contributed by atoms with Crippen LogP contribution in [0.2, 0.25) is 0 Å². The summed E-state index contributed by atoms with van der Waals surface area (Å²) in [4.78, 5) is 12.4. The lowest BCUT2D eigenvalue weighted by Crippen LogP contribution is -2.32. The first-order valence-corrected chi connectivity index (χ1v) is 11.7. The molecule has 0 fully saturated rings. The Morgan fingerprint density at radius 1 is 1.03 bits per heavy atom. The minimum absolute atomic E-state index is 0.0125. The number of benzene rings is 2. The second kappa shape index (κ2) is 10.6. The summed E-state index contributed by atoms with van der Waals surface area (Å²) in [6, 6.07) is 9.56. The number of sulfonamides is 1. The van der Waals surface area contributed by atoms with Crippen molar-refractivity contribution < 1.29 is 32.2 Å². The molecule has 0 aromatic heterocycles. The number of ether oxygens (including phenoxy) is 4. The lowest BCUT2D eigenvalue weighted by Gasteiger charge is -2.17. The predicted molar refractivity (Wildman–Crippen MR) is 118 cm³/mol. The molecule has 174 valence electrons. The number of fused-ring (bicyclic) bond motifs is 1. The Balaban J connectivity index is 1.54. The predicted octanol–water partition coefficient (Wildman–Crippen LogP) is 2.41. The Morgan fingerprint density at radius 2 is 1.75 bits per heavy atom. The summed E-state index contributed by atoms with van der Waals surface area (Å²) in [5, 5.41) is 2.85. The van der Waals surface area contributed by atoms with Crippen LogP contribution in [0.4, 0.5) is 0 Å². The van der Waals surface area contributed by atoms with Crippen molar-refractivity contribution in [2.75, 3.05) is 34.0 Å². The first-order chi connectivity index (χ1) is 15.3. The highest BCUT2D eigenvalue weighted by Crippen LogP contribution is 2.32. The van der Waals surface area contributed by atoms with Gasteiger partial charge in [-0.05, 0) is 36.8 Å². The van der Waals surface area contributed by atoms with Crippen LogP contribution in [0.3, 0.4) is 0 Å². The molecule has 1 heterocycles. The fraction of sp³-hybridized carbons (Fsp3) is 0.409. The van der Waals surface area contributed by atoms with E-state index in [2.05, 4.69) is 10.0 Å². The van der Waals surface area contributed by atoms with Crippen molar-refractivity contribution in [2.45, 2.75) is 30.7 Å². The number of rotatable bonds is 9. The van der Waals surface area contributed by atoms with Gasteiger partial charge < -0.3 is 24.3 Å². The lowest BCUT2D eigenvalue weighted by molar-refractivity contribution is -0.121. The fourth-order valence-corrected chi connectivity index (χ4v) is 4.26. The molecule has 1 atom stereocenters. The van der Waals surface area contributed by atoms with Crippen LogP contribution in [0.25, 0.3) is 0 Å². The summed E-state index contributed by atoms with van der Waals surface area (Å²) in [6.07, 6.45) is 0.716. The average molecular weight is 465 g/mol. The van der Waals surface area contributed by atoms with Gasteiger partial charge in [-0.25, -0.2) is 13.1 Å². The zero-order valence-electron chi connectivity index (χ0n) is 18.3. The lowest BCUT2D eigenvalue weighted by atomic mass is 10.1. The third-order valence-electron chi connectivity index (χ3n) is 4.96. The van der Waals surface area contributed by atoms with Gasteiger partial charge in [-0.1, -0.05) is 6.07 Å². The van der Waals surface area contributed by atoms with E-state index in [1.165, 1.54) is 12.1 Å². The topological polar surface area (TPSA) is 112 Å². The Bertz CT molecular complexity index is 1060. The van der Waals surface area contributed by atoms with Crippen LogP contribution >= 0.6 is 0 Å². The highest BCUT2D eigenvalue weighted by Gasteiger charge is 2.19. The molecule has 0 radical (unpaired) electrons. The van der Waals surface area contributed by atoms with E-state index in [1.54, 1.807) is 32.4 Å². The molecule has 0 saturated carbocycles. The number of hydrogen-bond donors (Lipinski definition) is 2. The Morgan fingerprint density at radius 3 is 2.47 bits per heavy atom. The van der Waals surface area contributed by atoms with Crippen molar-refractivity contribution in [1.82, 2.24) is 10.0 Å². The van der Waals surface area contributed by atoms with Crippen molar-refractivity contribution in [3.8, 4) is 23.0 Å². The first kappa shape index (κ1) is 23.7. The number of nitrogens with one attached hydrogen (secondary N) is 2. The van der Waals surface area contributed by atoms with Crippen LogP contribution in [-0.2, 0) is 14.8 Å². The van der Waals surface area contributed by atoms with E-state index in [0.717, 1.165) is 12.0 Å². The Hall–Kier alpha value is -2.98. The van der Waals surface area contributed by atoms with Crippen LogP contribution in [0.1, 0.15) is 31.4 Å². The van der Waals surface area contributed by atoms with Gasteiger partial charge in [0.15, 0.2) is 23.0 Å². The Labute approximate surface area is 188 Å². The zero-order chi connectivity index (χ0) is 23.1. The van der Waals surface area contributed by atoms with Gasteiger partial charge in [0.1, 0.15) is 0 Å². The Kier molecular flexibility index (Phi) is 7.81. The summed E-state index contributed by atoms with van der Waals surface area (Å²) in [5.74, 6) is 1.79. The maximum Gasteiger partial charge on any atom is 0.240 e. The van der Waals surface area contributed by atoms with Gasteiger partial charge in [-0.15, -0.1) is 0 Å². The molecule has 1 amide bonds. The van der Waals surface area contributed by atoms with E-state index in [0.29, 0.717) is 36.2 Å². The van der Waals surface area contributed by atoms with E-state index < -0.39 is 10.0 Å². The third-order valence-corrected chi connectivity index (χ3v) is 6.42. The zero-order valence-corrected chi connectivity index (χ0v) is 19.2. The summed E-state index contributed by atoms with van der Waals surface area (Å²) in [7, 11) is -0.701. The molecule has 9 nitrogen and oxygen atoms in total. The van der Waals surface area contributed by atoms with E-state index in [9.17, 15) is 13.2 Å². The second-order valence-electron chi connectivity index (χ2n) is 7.21. The molecule has 2 aromatic carbocycles. The van der Waals surface area contributed by atoms with Gasteiger partial charge >= 0.3 is 0 Å². The summed E-state index contributed by atoms with van der Waals surface area (Å²) < 4.78 is 49.2. The molecule has 32 heavy (non-hydrogen) atoms. The van der Waals surface area contributed by atoms with E-state index >= 15 is 0 Å². The van der Waals surface area contributed by atoms with Gasteiger partial charge in [-0.2, -0.15) is 0 Å². The highest BCUT2D eigenvalue weighted by molar-refractivity contribution is 7.89. The van der Waals surface area contributed by atoms with E-state index in [4.69, 9.17) is 18.9 Å². The minimum atomic E-state index is -3.79. The molecule has 0 spiro atoms. The highest BCUT2D eigenvalue weighted by atomic mass is 32.2. The summed E-state index contributed by atoms with van der Waals surface area (Å²) >= 11 is 0. The molecule has 0 bridgehead atoms. The van der Waals surface area contributed by atoms with Crippen molar-refractivity contribution in [2.24, 2.45) is 0 Å². The molecule has 1 aliphatic heterocycles. The molecule has 1 aliphatic rings. The second-order valence-corrected chi connectivity index (χ2v) is 8.98. The molecule has 2 aromatic rings. The largest absolute Gasteiger partial charge is 0.493 e. The minimum Gasteiger partial charge on any atom is -0.493 e. The molecule has 0 saturated heterocycles. The van der Waals surface area contributed by atoms with Crippen molar-refractivity contribution in [1.29, 1.82) is 0 Å². The van der Waals surface area contributed by atoms with Gasteiger partial charge in [0, 0.05) is 25.5 Å². The molecule has 3 rings (SSSR count). The van der Waals surface area contributed by atoms with Gasteiger partial charge in [0.25, 0.3) is 0 Å². The average Bonchev–Trinajstić information content (AvgIpc) is 3.03. The molecule has 10 heteroatoms. The monoisotopic (exact) mass is 464 g/mol. The number of carbonyl (C=O) groups is 1. The molecule has 1 unspecified atom stereocenters. The van der Waals surface area contributed by atoms with Crippen LogP contribution in [0.15, 0.2) is 41.3 Å². The molecular formula is C22H28N2O7S. The SMILES string of the molecule is COc1ccc(C(C)NC(=O)CCNS(=O)(=O)c2ccc3c(c2)OCCCO3)cc1OC. The molecular weight excluding hydrogens is 436 g/mol. The maximum absolute atomic E-state index is 12.6. The van der Waals surface area contributed by atoms with Gasteiger partial charge in [0.2, 0.25) is 15.9 Å². The van der Waals surface area contributed by atoms with Crippen LogP contribution in [-0.4, -0.2) is 48.3 Å². The van der Waals surface area contributed by atoms with Crippen molar-refractivity contribution >= 4 is 15.9 Å². The van der Waals surface area contributed by atoms with Crippen LogP contribution in [0.5, 0.6) is 23.0 Å². The standard InChI is InChI=1S/C22H28N2O7S/c1-15(16-5-7-18(28-2)20(13-16)29-3)24-22(25)9-10-23-32(26,27)17-6-8-19-21(14-17)31-12-4-11-30-19/h5-8,13-15,23H,4,9-12H2,1-3H3,(H,24,25). The molecule has 2 N–H and O–H groups in total. The van der Waals surface area contributed by atoms with E-state index in [1.807, 2.05) is 13.0 Å². The number of amides is 1. The summed E-state index contributed by atoms with van der Waals surface area (Å²) in [6.45, 7) is 2.78. The summed E-state index contributed by atoms with van der Waals surface area (Å²) in [5.41, 5.74) is 0.837. The fourth-order valence-electron chi connectivity index (χ4n) is 3.21. The number of hydrogen-bond acceptors (Lipinski definition) is 7. The molecule has 0 aliphatic carbocycles. The first-order valence-electron chi connectivity index (χ1n) is 10.2. The maximum atomic E-state index is 12.6. The van der Waals surface area contributed by atoms with Crippen LogP contribution < -0.4 is 29.0 Å². The van der Waals surface area contributed by atoms with Crippen molar-refractivity contribution in [3.05, 3.63) is 42.0 Å². The smallest absolute Gasteiger partial charge is 0.240 e. The number of methoxy groups -OCH3 is 2.